The Morgan fingerprint density at radius 2 is 1.96 bits per heavy atom. The summed E-state index contributed by atoms with van der Waals surface area (Å²) in [7, 11) is 0. The predicted octanol–water partition coefficient (Wildman–Crippen LogP) is 4.63. The molecule has 126 valence electrons. The number of benzene rings is 2. The van der Waals surface area contributed by atoms with E-state index in [2.05, 4.69) is 10.3 Å². The van der Waals surface area contributed by atoms with Crippen LogP contribution in [0.3, 0.4) is 0 Å². The molecule has 1 aliphatic rings. The minimum atomic E-state index is -0.248. The maximum atomic E-state index is 13.6. The Morgan fingerprint density at radius 1 is 1.12 bits per heavy atom. The van der Waals surface area contributed by atoms with Gasteiger partial charge in [-0.2, -0.15) is 0 Å². The smallest absolute Gasteiger partial charge is 0.270 e. The Bertz CT molecular complexity index is 963. The molecule has 0 radical (unpaired) electrons. The van der Waals surface area contributed by atoms with Crippen LogP contribution in [0.25, 0.3) is 21.9 Å². The van der Waals surface area contributed by atoms with E-state index in [9.17, 15) is 9.18 Å². The van der Waals surface area contributed by atoms with Gasteiger partial charge in [0.15, 0.2) is 0 Å². The quantitative estimate of drug-likeness (QED) is 0.759. The zero-order valence-corrected chi connectivity index (χ0v) is 14.1. The van der Waals surface area contributed by atoms with Gasteiger partial charge in [0, 0.05) is 17.6 Å². The Balaban J connectivity index is 1.66. The van der Waals surface area contributed by atoms with E-state index in [1.807, 2.05) is 31.2 Å². The Morgan fingerprint density at radius 3 is 2.72 bits per heavy atom. The van der Waals surface area contributed by atoms with E-state index in [-0.39, 0.29) is 11.7 Å². The number of nitrogens with one attached hydrogen (secondary N) is 1. The second kappa shape index (κ2) is 6.28. The first-order valence-electron chi connectivity index (χ1n) is 8.57. The third-order valence-electron chi connectivity index (χ3n) is 4.91. The molecular weight excluding hydrogens is 315 g/mol. The molecule has 4 heteroatoms. The van der Waals surface area contributed by atoms with Gasteiger partial charge in [0.1, 0.15) is 11.5 Å². The lowest BCUT2D eigenvalue weighted by atomic mass is 9.93. The van der Waals surface area contributed by atoms with Crippen LogP contribution in [0.15, 0.2) is 48.7 Å². The standard InChI is InChI=1S/C21H19FN2O/c1-13-5-8-17(22)11-19(13)15-7-6-14-10-20(23-12-16(14)9-15)21(25)24-18-3-2-4-18/h5-12,18H,2-4H2,1H3,(H,24,25). The lowest BCUT2D eigenvalue weighted by Gasteiger charge is -2.26. The number of pyridine rings is 1. The molecule has 1 heterocycles. The molecule has 0 bridgehead atoms. The van der Waals surface area contributed by atoms with Crippen LogP contribution in [-0.2, 0) is 0 Å². The molecule has 1 amide bonds. The van der Waals surface area contributed by atoms with E-state index in [4.69, 9.17) is 0 Å². The number of hydrogen-bond donors (Lipinski definition) is 1. The fraction of sp³-hybridized carbons (Fsp3) is 0.238. The highest BCUT2D eigenvalue weighted by atomic mass is 19.1. The summed E-state index contributed by atoms with van der Waals surface area (Å²) in [5, 5.41) is 4.89. The number of aryl methyl sites for hydroxylation is 1. The molecule has 0 unspecified atom stereocenters. The fourth-order valence-corrected chi connectivity index (χ4v) is 3.15. The molecule has 0 atom stereocenters. The number of aromatic nitrogens is 1. The van der Waals surface area contributed by atoms with Crippen molar-refractivity contribution in [3.8, 4) is 11.1 Å². The number of carbonyl (C=O) groups excluding carboxylic acids is 1. The molecular formula is C21H19FN2O. The van der Waals surface area contributed by atoms with Crippen molar-refractivity contribution >= 4 is 16.7 Å². The van der Waals surface area contributed by atoms with Gasteiger partial charge in [0.05, 0.1) is 0 Å². The van der Waals surface area contributed by atoms with E-state index in [1.165, 1.54) is 12.5 Å². The van der Waals surface area contributed by atoms with Crippen molar-refractivity contribution in [3.63, 3.8) is 0 Å². The van der Waals surface area contributed by atoms with Crippen LogP contribution in [0.1, 0.15) is 35.3 Å². The minimum Gasteiger partial charge on any atom is -0.348 e. The monoisotopic (exact) mass is 334 g/mol. The van der Waals surface area contributed by atoms with Gasteiger partial charge >= 0.3 is 0 Å². The zero-order valence-electron chi connectivity index (χ0n) is 14.1. The fourth-order valence-electron chi connectivity index (χ4n) is 3.15. The molecule has 3 nitrogen and oxygen atoms in total. The Kier molecular flexibility index (Phi) is 3.96. The summed E-state index contributed by atoms with van der Waals surface area (Å²) >= 11 is 0. The van der Waals surface area contributed by atoms with Crippen molar-refractivity contribution in [1.29, 1.82) is 0 Å². The highest BCUT2D eigenvalue weighted by molar-refractivity contribution is 5.97. The predicted molar refractivity (Wildman–Crippen MR) is 97.0 cm³/mol. The molecule has 1 aliphatic carbocycles. The second-order valence-corrected chi connectivity index (χ2v) is 6.69. The molecule has 2 aromatic carbocycles. The van der Waals surface area contributed by atoms with Crippen LogP contribution in [0.5, 0.6) is 0 Å². The van der Waals surface area contributed by atoms with E-state index in [0.717, 1.165) is 40.3 Å². The van der Waals surface area contributed by atoms with Crippen LogP contribution in [0.4, 0.5) is 4.39 Å². The van der Waals surface area contributed by atoms with Crippen LogP contribution < -0.4 is 5.32 Å². The van der Waals surface area contributed by atoms with Crippen LogP contribution in [0.2, 0.25) is 0 Å². The minimum absolute atomic E-state index is 0.114. The first-order valence-corrected chi connectivity index (χ1v) is 8.57. The summed E-state index contributed by atoms with van der Waals surface area (Å²) in [6.45, 7) is 1.96. The molecule has 1 saturated carbocycles. The molecule has 0 spiro atoms. The lowest BCUT2D eigenvalue weighted by molar-refractivity contribution is 0.0912. The number of hydrogen-bond acceptors (Lipinski definition) is 2. The molecule has 1 aromatic heterocycles. The van der Waals surface area contributed by atoms with E-state index in [0.29, 0.717) is 11.7 Å². The number of rotatable bonds is 3. The van der Waals surface area contributed by atoms with E-state index >= 15 is 0 Å². The van der Waals surface area contributed by atoms with Crippen molar-refractivity contribution in [1.82, 2.24) is 10.3 Å². The maximum absolute atomic E-state index is 13.6. The summed E-state index contributed by atoms with van der Waals surface area (Å²) in [5.74, 6) is -0.363. The SMILES string of the molecule is Cc1ccc(F)cc1-c1ccc2cc(C(=O)NC3CCC3)ncc2c1. The highest BCUT2D eigenvalue weighted by Crippen LogP contribution is 2.28. The highest BCUT2D eigenvalue weighted by Gasteiger charge is 2.20. The van der Waals surface area contributed by atoms with Crippen molar-refractivity contribution in [2.24, 2.45) is 0 Å². The molecule has 3 aromatic rings. The van der Waals surface area contributed by atoms with Gasteiger partial charge in [-0.15, -0.1) is 0 Å². The van der Waals surface area contributed by atoms with Crippen molar-refractivity contribution in [2.45, 2.75) is 32.2 Å². The Labute approximate surface area is 145 Å². The number of carbonyl (C=O) groups is 1. The summed E-state index contributed by atoms with van der Waals surface area (Å²) in [4.78, 5) is 16.6. The maximum Gasteiger partial charge on any atom is 0.270 e. The summed E-state index contributed by atoms with van der Waals surface area (Å²) in [6, 6.07) is 12.8. The molecule has 0 aliphatic heterocycles. The van der Waals surface area contributed by atoms with Gasteiger partial charge in [-0.1, -0.05) is 18.2 Å². The van der Waals surface area contributed by atoms with Crippen LogP contribution in [0, 0.1) is 12.7 Å². The van der Waals surface area contributed by atoms with E-state index < -0.39 is 0 Å². The van der Waals surface area contributed by atoms with Gasteiger partial charge in [-0.25, -0.2) is 4.39 Å². The van der Waals surface area contributed by atoms with Crippen LogP contribution >= 0.6 is 0 Å². The topological polar surface area (TPSA) is 42.0 Å². The number of halogens is 1. The van der Waals surface area contributed by atoms with Crippen molar-refractivity contribution < 1.29 is 9.18 Å². The number of nitrogens with zero attached hydrogens (tertiary/aromatic N) is 1. The number of fused-ring (bicyclic) bond motifs is 1. The third-order valence-corrected chi connectivity index (χ3v) is 4.91. The van der Waals surface area contributed by atoms with Gasteiger partial charge in [-0.05, 0) is 72.5 Å². The molecule has 4 rings (SSSR count). The molecule has 0 saturated heterocycles. The normalized spacial score (nSPS) is 14.3. The van der Waals surface area contributed by atoms with Gasteiger partial charge in [0.25, 0.3) is 5.91 Å². The summed E-state index contributed by atoms with van der Waals surface area (Å²) in [5.41, 5.74) is 3.27. The van der Waals surface area contributed by atoms with Crippen molar-refractivity contribution in [3.05, 3.63) is 65.7 Å². The molecule has 25 heavy (non-hydrogen) atoms. The molecule has 1 N–H and O–H groups in total. The first kappa shape index (κ1) is 15.8. The lowest BCUT2D eigenvalue weighted by Crippen LogP contribution is -2.39. The third kappa shape index (κ3) is 3.12. The van der Waals surface area contributed by atoms with Gasteiger partial charge in [0.2, 0.25) is 0 Å². The van der Waals surface area contributed by atoms with Crippen LogP contribution in [-0.4, -0.2) is 16.9 Å². The average molecular weight is 334 g/mol. The largest absolute Gasteiger partial charge is 0.348 e. The summed E-state index contributed by atoms with van der Waals surface area (Å²) in [6.07, 6.45) is 4.99. The Hall–Kier alpha value is -2.75. The molecule has 1 fully saturated rings. The second-order valence-electron chi connectivity index (χ2n) is 6.69. The first-order chi connectivity index (χ1) is 12.1. The number of amides is 1. The van der Waals surface area contributed by atoms with Gasteiger partial charge < -0.3 is 5.32 Å². The zero-order chi connectivity index (χ0) is 17.4. The van der Waals surface area contributed by atoms with E-state index in [1.54, 1.807) is 18.3 Å². The average Bonchev–Trinajstić information content (AvgIpc) is 2.59. The van der Waals surface area contributed by atoms with Gasteiger partial charge in [-0.3, -0.25) is 9.78 Å². The van der Waals surface area contributed by atoms with Crippen molar-refractivity contribution in [2.75, 3.05) is 0 Å². The summed E-state index contributed by atoms with van der Waals surface area (Å²) < 4.78 is 13.6.